The molecule has 5 nitrogen and oxygen atoms in total. The van der Waals surface area contributed by atoms with Crippen LogP contribution in [-0.2, 0) is 6.18 Å². The van der Waals surface area contributed by atoms with Crippen molar-refractivity contribution in [2.45, 2.75) is 31.9 Å². The van der Waals surface area contributed by atoms with Crippen LogP contribution >= 0.6 is 0 Å². The zero-order chi connectivity index (χ0) is 18.0. The van der Waals surface area contributed by atoms with E-state index in [1.54, 1.807) is 19.0 Å². The molecule has 0 radical (unpaired) electrons. The number of hydrogen-bond donors (Lipinski definition) is 1. The van der Waals surface area contributed by atoms with Crippen molar-refractivity contribution in [3.05, 3.63) is 11.8 Å². The second-order valence-corrected chi connectivity index (χ2v) is 7.13. The van der Waals surface area contributed by atoms with Crippen LogP contribution in [0.15, 0.2) is 6.07 Å². The van der Waals surface area contributed by atoms with Crippen molar-refractivity contribution in [2.75, 3.05) is 51.5 Å². The Kier molecular flexibility index (Phi) is 5.57. The first-order valence-electron chi connectivity index (χ1n) is 8.14. The molecule has 24 heavy (non-hydrogen) atoms. The Balaban J connectivity index is 2.20. The van der Waals surface area contributed by atoms with Crippen LogP contribution in [0.4, 0.5) is 24.9 Å². The summed E-state index contributed by atoms with van der Waals surface area (Å²) in [6, 6.07) is 0.969. The zero-order valence-corrected chi connectivity index (χ0v) is 14.7. The van der Waals surface area contributed by atoms with Crippen LogP contribution < -0.4 is 10.2 Å². The molecule has 0 bridgehead atoms. The Morgan fingerprint density at radius 3 is 2.25 bits per heavy atom. The Morgan fingerprint density at radius 2 is 1.75 bits per heavy atom. The molecule has 0 unspecified atom stereocenters. The van der Waals surface area contributed by atoms with E-state index in [1.807, 2.05) is 14.1 Å². The van der Waals surface area contributed by atoms with E-state index < -0.39 is 11.9 Å². The highest BCUT2D eigenvalue weighted by Gasteiger charge is 2.36. The van der Waals surface area contributed by atoms with Gasteiger partial charge in [0, 0.05) is 38.7 Å². The van der Waals surface area contributed by atoms with Gasteiger partial charge in [-0.15, -0.1) is 0 Å². The average molecular weight is 345 g/mol. The molecule has 0 atom stereocenters. The van der Waals surface area contributed by atoms with Gasteiger partial charge in [0.15, 0.2) is 5.69 Å². The van der Waals surface area contributed by atoms with Gasteiger partial charge in [-0.2, -0.15) is 18.2 Å². The molecule has 1 aliphatic carbocycles. The van der Waals surface area contributed by atoms with E-state index in [0.29, 0.717) is 6.54 Å². The van der Waals surface area contributed by atoms with E-state index in [0.717, 1.165) is 38.3 Å². The normalized spacial score (nSPS) is 17.3. The van der Waals surface area contributed by atoms with E-state index in [1.165, 1.54) is 0 Å². The van der Waals surface area contributed by atoms with Gasteiger partial charge in [0.1, 0.15) is 5.82 Å². The van der Waals surface area contributed by atoms with Gasteiger partial charge < -0.3 is 15.1 Å². The lowest BCUT2D eigenvalue weighted by atomic mass is 9.85. The van der Waals surface area contributed by atoms with E-state index in [2.05, 4.69) is 20.2 Å². The van der Waals surface area contributed by atoms with Crippen molar-refractivity contribution < 1.29 is 13.2 Å². The number of aromatic nitrogens is 2. The van der Waals surface area contributed by atoms with Crippen molar-refractivity contribution >= 4 is 11.8 Å². The predicted molar refractivity (Wildman–Crippen MR) is 89.3 cm³/mol. The highest BCUT2D eigenvalue weighted by Crippen LogP contribution is 2.38. The molecular formula is C16H26F3N5. The zero-order valence-electron chi connectivity index (χ0n) is 14.7. The summed E-state index contributed by atoms with van der Waals surface area (Å²) in [4.78, 5) is 11.6. The predicted octanol–water partition coefficient (Wildman–Crippen LogP) is 3.10. The Bertz CT molecular complexity index is 551. The first kappa shape index (κ1) is 18.8. The van der Waals surface area contributed by atoms with Crippen LogP contribution in [0.5, 0.6) is 0 Å². The van der Waals surface area contributed by atoms with Gasteiger partial charge in [-0.3, -0.25) is 0 Å². The number of nitrogens with one attached hydrogen (secondary N) is 1. The van der Waals surface area contributed by atoms with Gasteiger partial charge in [0.25, 0.3) is 0 Å². The molecule has 0 amide bonds. The largest absolute Gasteiger partial charge is 0.433 e. The van der Waals surface area contributed by atoms with Crippen LogP contribution in [0.25, 0.3) is 0 Å². The first-order chi connectivity index (χ1) is 11.1. The second-order valence-electron chi connectivity index (χ2n) is 7.13. The number of nitrogens with zero attached hydrogens (tertiary/aromatic N) is 4. The molecule has 1 fully saturated rings. The van der Waals surface area contributed by atoms with Crippen molar-refractivity contribution in [1.29, 1.82) is 0 Å². The molecule has 1 N–H and O–H groups in total. The summed E-state index contributed by atoms with van der Waals surface area (Å²) >= 11 is 0. The van der Waals surface area contributed by atoms with Crippen molar-refractivity contribution in [3.63, 3.8) is 0 Å². The molecule has 1 saturated carbocycles. The van der Waals surface area contributed by atoms with Crippen molar-refractivity contribution in [1.82, 2.24) is 14.9 Å². The van der Waals surface area contributed by atoms with E-state index in [9.17, 15) is 13.2 Å². The third-order valence-corrected chi connectivity index (χ3v) is 4.40. The summed E-state index contributed by atoms with van der Waals surface area (Å²) < 4.78 is 39.2. The van der Waals surface area contributed by atoms with E-state index in [-0.39, 0.29) is 17.2 Å². The number of hydrogen-bond acceptors (Lipinski definition) is 5. The SMILES string of the molecule is CN(C)CC1(CNc2nc(N(C)C)cc(C(F)(F)F)n2)CCCC1. The summed E-state index contributed by atoms with van der Waals surface area (Å²) in [6.45, 7) is 1.48. The maximum atomic E-state index is 13.1. The van der Waals surface area contributed by atoms with Crippen LogP contribution in [0.3, 0.4) is 0 Å². The first-order valence-corrected chi connectivity index (χ1v) is 8.14. The highest BCUT2D eigenvalue weighted by molar-refractivity contribution is 5.44. The number of anilines is 2. The molecule has 0 saturated heterocycles. The molecule has 0 spiro atoms. The summed E-state index contributed by atoms with van der Waals surface area (Å²) in [5.74, 6) is 0.284. The standard InChI is InChI=1S/C16H26F3N5/c1-23(2)11-15(7-5-6-8-15)10-20-14-21-12(16(17,18)19)9-13(22-14)24(3)4/h9H,5-8,10-11H2,1-4H3,(H,20,21,22). The minimum atomic E-state index is -4.49. The number of rotatable bonds is 6. The van der Waals surface area contributed by atoms with Gasteiger partial charge in [-0.05, 0) is 26.9 Å². The van der Waals surface area contributed by atoms with Crippen LogP contribution in [0.1, 0.15) is 31.4 Å². The quantitative estimate of drug-likeness (QED) is 0.858. The molecule has 136 valence electrons. The van der Waals surface area contributed by atoms with Crippen molar-refractivity contribution in [3.8, 4) is 0 Å². The highest BCUT2D eigenvalue weighted by atomic mass is 19.4. The molecular weight excluding hydrogens is 319 g/mol. The molecule has 1 aromatic heterocycles. The second kappa shape index (κ2) is 7.13. The lowest BCUT2D eigenvalue weighted by molar-refractivity contribution is -0.141. The maximum absolute atomic E-state index is 13.1. The van der Waals surface area contributed by atoms with Gasteiger partial charge >= 0.3 is 6.18 Å². The fraction of sp³-hybridized carbons (Fsp3) is 0.750. The lowest BCUT2D eigenvalue weighted by Crippen LogP contribution is -2.37. The van der Waals surface area contributed by atoms with Crippen molar-refractivity contribution in [2.24, 2.45) is 5.41 Å². The molecule has 1 heterocycles. The smallest absolute Gasteiger partial charge is 0.363 e. The van der Waals surface area contributed by atoms with Crippen LogP contribution in [0.2, 0.25) is 0 Å². The van der Waals surface area contributed by atoms with Gasteiger partial charge in [0.05, 0.1) is 0 Å². The molecule has 0 aliphatic heterocycles. The summed E-state index contributed by atoms with van der Waals surface area (Å²) in [6.07, 6.45) is -0.0436. The fourth-order valence-corrected chi connectivity index (χ4v) is 3.34. The molecule has 8 heteroatoms. The van der Waals surface area contributed by atoms with Gasteiger partial charge in [0.2, 0.25) is 5.95 Å². The summed E-state index contributed by atoms with van der Waals surface area (Å²) in [5.41, 5.74) is -0.851. The molecule has 0 aromatic carbocycles. The number of alkyl halides is 3. The number of halogens is 3. The topological polar surface area (TPSA) is 44.3 Å². The minimum Gasteiger partial charge on any atom is -0.363 e. The minimum absolute atomic E-state index is 0.0403. The third-order valence-electron chi connectivity index (χ3n) is 4.40. The van der Waals surface area contributed by atoms with Crippen LogP contribution in [-0.4, -0.2) is 56.1 Å². The fourth-order valence-electron chi connectivity index (χ4n) is 3.34. The maximum Gasteiger partial charge on any atom is 0.433 e. The monoisotopic (exact) mass is 345 g/mol. The van der Waals surface area contributed by atoms with Gasteiger partial charge in [-0.25, -0.2) is 4.98 Å². The van der Waals surface area contributed by atoms with E-state index >= 15 is 0 Å². The van der Waals surface area contributed by atoms with Crippen LogP contribution in [0, 0.1) is 5.41 Å². The average Bonchev–Trinajstić information content (AvgIpc) is 2.92. The Morgan fingerprint density at radius 1 is 1.12 bits per heavy atom. The van der Waals surface area contributed by atoms with E-state index in [4.69, 9.17) is 0 Å². The lowest BCUT2D eigenvalue weighted by Gasteiger charge is -2.32. The Labute approximate surface area is 141 Å². The third kappa shape index (κ3) is 4.72. The molecule has 1 aromatic rings. The summed E-state index contributed by atoms with van der Waals surface area (Å²) in [7, 11) is 7.36. The molecule has 1 aliphatic rings. The van der Waals surface area contributed by atoms with Gasteiger partial charge in [-0.1, -0.05) is 12.8 Å². The summed E-state index contributed by atoms with van der Waals surface area (Å²) in [5, 5.41) is 3.06. The Hall–Kier alpha value is -1.57. The molecule has 2 rings (SSSR count).